The van der Waals surface area contributed by atoms with Crippen molar-refractivity contribution in [3.8, 4) is 0 Å². The molecule has 0 spiro atoms. The van der Waals surface area contributed by atoms with Crippen LogP contribution in [-0.2, 0) is 26.6 Å². The molecule has 0 saturated heterocycles. The first kappa shape index (κ1) is 15.5. The second-order valence-corrected chi connectivity index (χ2v) is 5.15. The molecule has 0 aliphatic heterocycles. The van der Waals surface area contributed by atoms with Crippen LogP contribution in [0.5, 0.6) is 0 Å². The first-order chi connectivity index (χ1) is 10.1. The van der Waals surface area contributed by atoms with Crippen molar-refractivity contribution in [3.05, 3.63) is 26.7 Å². The second kappa shape index (κ2) is 6.26. The van der Waals surface area contributed by atoms with E-state index in [1.54, 1.807) is 9.13 Å². The Hall–Kier alpha value is -1.89. The van der Waals surface area contributed by atoms with Gasteiger partial charge in [-0.2, -0.15) is 0 Å². The highest BCUT2D eigenvalue weighted by molar-refractivity contribution is 5.71. The van der Waals surface area contributed by atoms with Gasteiger partial charge in [-0.3, -0.25) is 13.9 Å². The van der Waals surface area contributed by atoms with Gasteiger partial charge in [0, 0.05) is 26.6 Å². The highest BCUT2D eigenvalue weighted by Gasteiger charge is 2.18. The van der Waals surface area contributed by atoms with E-state index >= 15 is 0 Å². The second-order valence-electron chi connectivity index (χ2n) is 5.15. The van der Waals surface area contributed by atoms with Crippen molar-refractivity contribution in [1.82, 2.24) is 18.7 Å². The van der Waals surface area contributed by atoms with E-state index in [1.165, 1.54) is 4.57 Å². The highest BCUT2D eigenvalue weighted by atomic mass is 16.2. The van der Waals surface area contributed by atoms with E-state index in [4.69, 9.17) is 5.73 Å². The fourth-order valence-electron chi connectivity index (χ4n) is 2.60. The van der Waals surface area contributed by atoms with Gasteiger partial charge in [-0.15, -0.1) is 0 Å². The van der Waals surface area contributed by atoms with Gasteiger partial charge in [0.05, 0.1) is 0 Å². The van der Waals surface area contributed by atoms with Crippen molar-refractivity contribution in [2.45, 2.75) is 46.2 Å². The zero-order valence-corrected chi connectivity index (χ0v) is 12.9. The molecular weight excluding hydrogens is 270 g/mol. The van der Waals surface area contributed by atoms with Gasteiger partial charge in [0.15, 0.2) is 11.2 Å². The van der Waals surface area contributed by atoms with Crippen molar-refractivity contribution in [3.63, 3.8) is 0 Å². The lowest BCUT2D eigenvalue weighted by molar-refractivity contribution is 0.546. The van der Waals surface area contributed by atoms with Crippen LogP contribution < -0.4 is 17.0 Å². The number of aromatic nitrogens is 4. The van der Waals surface area contributed by atoms with Gasteiger partial charge in [-0.25, -0.2) is 9.78 Å². The van der Waals surface area contributed by atoms with Crippen molar-refractivity contribution in [1.29, 1.82) is 0 Å². The molecule has 0 saturated carbocycles. The van der Waals surface area contributed by atoms with Gasteiger partial charge in [-0.1, -0.05) is 13.8 Å². The van der Waals surface area contributed by atoms with Gasteiger partial charge < -0.3 is 10.3 Å². The average Bonchev–Trinajstić information content (AvgIpc) is 2.80. The maximum Gasteiger partial charge on any atom is 0.332 e. The van der Waals surface area contributed by atoms with Crippen molar-refractivity contribution in [2.75, 3.05) is 6.54 Å². The Morgan fingerprint density at radius 1 is 1.14 bits per heavy atom. The first-order valence-electron chi connectivity index (χ1n) is 7.45. The molecule has 0 fully saturated rings. The third-order valence-corrected chi connectivity index (χ3v) is 3.68. The SMILES string of the molecule is CCCn1c(=O)n(CCCN)c(=O)c2c1nc(CC)n2C. The maximum atomic E-state index is 12.6. The highest BCUT2D eigenvalue weighted by Crippen LogP contribution is 2.10. The number of hydrogen-bond donors (Lipinski definition) is 1. The average molecular weight is 293 g/mol. The summed E-state index contributed by atoms with van der Waals surface area (Å²) in [6.45, 7) is 5.33. The summed E-state index contributed by atoms with van der Waals surface area (Å²) in [5.74, 6) is 0.808. The third-order valence-electron chi connectivity index (χ3n) is 3.68. The molecule has 2 aromatic heterocycles. The first-order valence-corrected chi connectivity index (χ1v) is 7.45. The molecule has 2 aromatic rings. The Labute approximate surface area is 123 Å². The summed E-state index contributed by atoms with van der Waals surface area (Å²) in [5, 5.41) is 0. The van der Waals surface area contributed by atoms with Gasteiger partial charge in [0.25, 0.3) is 5.56 Å². The van der Waals surface area contributed by atoms with Crippen LogP contribution in [0.1, 0.15) is 32.5 Å². The fraction of sp³-hybridized carbons (Fsp3) is 0.643. The minimum atomic E-state index is -0.288. The van der Waals surface area contributed by atoms with E-state index < -0.39 is 0 Å². The lowest BCUT2D eigenvalue weighted by Crippen LogP contribution is -2.41. The summed E-state index contributed by atoms with van der Waals surface area (Å²) >= 11 is 0. The third kappa shape index (κ3) is 2.53. The summed E-state index contributed by atoms with van der Waals surface area (Å²) < 4.78 is 4.68. The van der Waals surface area contributed by atoms with Crippen LogP contribution in [0, 0.1) is 0 Å². The van der Waals surface area contributed by atoms with Gasteiger partial charge in [-0.05, 0) is 19.4 Å². The van der Waals surface area contributed by atoms with Crippen LogP contribution in [0.25, 0.3) is 11.2 Å². The Balaban J connectivity index is 2.84. The Bertz CT molecular complexity index is 753. The molecular formula is C14H23N5O2. The minimum absolute atomic E-state index is 0.273. The summed E-state index contributed by atoms with van der Waals surface area (Å²) in [4.78, 5) is 29.6. The maximum absolute atomic E-state index is 12.6. The predicted molar refractivity (Wildman–Crippen MR) is 82.6 cm³/mol. The monoisotopic (exact) mass is 293 g/mol. The lowest BCUT2D eigenvalue weighted by atomic mass is 10.4. The van der Waals surface area contributed by atoms with Crippen LogP contribution in [-0.4, -0.2) is 25.2 Å². The van der Waals surface area contributed by atoms with E-state index in [-0.39, 0.29) is 11.2 Å². The molecule has 2 N–H and O–H groups in total. The lowest BCUT2D eigenvalue weighted by Gasteiger charge is -2.10. The van der Waals surface area contributed by atoms with Crippen LogP contribution in [0.3, 0.4) is 0 Å². The van der Waals surface area contributed by atoms with Crippen LogP contribution in [0.4, 0.5) is 0 Å². The van der Waals surface area contributed by atoms with Gasteiger partial charge in [0.1, 0.15) is 5.82 Å². The van der Waals surface area contributed by atoms with Crippen LogP contribution >= 0.6 is 0 Å². The molecule has 0 bridgehead atoms. The van der Waals surface area contributed by atoms with Crippen LogP contribution in [0.15, 0.2) is 9.59 Å². The smallest absolute Gasteiger partial charge is 0.330 e. The Morgan fingerprint density at radius 3 is 2.43 bits per heavy atom. The zero-order valence-electron chi connectivity index (χ0n) is 12.9. The number of nitrogens with two attached hydrogens (primary N) is 1. The predicted octanol–water partition coefficient (Wildman–Crippen LogP) is 0.218. The van der Waals surface area contributed by atoms with Gasteiger partial charge >= 0.3 is 5.69 Å². The van der Waals surface area contributed by atoms with Gasteiger partial charge in [0.2, 0.25) is 0 Å². The fourth-order valence-corrected chi connectivity index (χ4v) is 2.60. The molecule has 2 heterocycles. The van der Waals surface area contributed by atoms with E-state index in [0.29, 0.717) is 43.6 Å². The summed E-state index contributed by atoms with van der Waals surface area (Å²) in [7, 11) is 1.82. The number of hydrogen-bond acceptors (Lipinski definition) is 4. The normalized spacial score (nSPS) is 11.4. The number of nitrogens with zero attached hydrogens (tertiary/aromatic N) is 4. The number of imidazole rings is 1. The minimum Gasteiger partial charge on any atom is -0.330 e. The molecule has 0 unspecified atom stereocenters. The molecule has 116 valence electrons. The number of aryl methyl sites for hydroxylation is 3. The van der Waals surface area contributed by atoms with Crippen LogP contribution in [0.2, 0.25) is 0 Å². The molecule has 0 amide bonds. The molecule has 0 aromatic carbocycles. The number of fused-ring (bicyclic) bond motifs is 1. The molecule has 0 aliphatic rings. The summed E-state index contributed by atoms with van der Waals surface area (Å²) in [6.07, 6.45) is 2.13. The quantitative estimate of drug-likeness (QED) is 0.825. The summed E-state index contributed by atoms with van der Waals surface area (Å²) in [5.41, 5.74) is 5.93. The largest absolute Gasteiger partial charge is 0.332 e. The van der Waals surface area contributed by atoms with E-state index in [2.05, 4.69) is 4.98 Å². The molecule has 7 heteroatoms. The van der Waals surface area contributed by atoms with Crippen molar-refractivity contribution >= 4 is 11.2 Å². The molecule has 7 nitrogen and oxygen atoms in total. The molecule has 0 aliphatic carbocycles. The summed E-state index contributed by atoms with van der Waals surface area (Å²) in [6, 6.07) is 0. The zero-order chi connectivity index (χ0) is 15.6. The molecule has 0 atom stereocenters. The Kier molecular flexibility index (Phi) is 4.62. The van der Waals surface area contributed by atoms with Crippen molar-refractivity contribution < 1.29 is 0 Å². The van der Waals surface area contributed by atoms with E-state index in [9.17, 15) is 9.59 Å². The standard InChI is InChI=1S/C14H23N5O2/c1-4-8-18-12-11(17(3)10(5-2)16-12)13(20)19(14(18)21)9-6-7-15/h4-9,15H2,1-3H3. The molecule has 21 heavy (non-hydrogen) atoms. The topological polar surface area (TPSA) is 87.8 Å². The Morgan fingerprint density at radius 2 is 1.86 bits per heavy atom. The molecule has 2 rings (SSSR count). The molecule has 0 radical (unpaired) electrons. The number of rotatable bonds is 6. The van der Waals surface area contributed by atoms with E-state index in [1.807, 2.05) is 20.9 Å². The van der Waals surface area contributed by atoms with E-state index in [0.717, 1.165) is 12.2 Å². The van der Waals surface area contributed by atoms with Crippen molar-refractivity contribution in [2.24, 2.45) is 12.8 Å².